The summed E-state index contributed by atoms with van der Waals surface area (Å²) in [5, 5.41) is 13.7. The molecule has 3 amide bonds. The molecule has 0 aromatic heterocycles. The van der Waals surface area contributed by atoms with Crippen LogP contribution in [-0.4, -0.2) is 41.7 Å². The second kappa shape index (κ2) is 11.4. The normalized spacial score (nSPS) is 12.4. The number of benzene rings is 2. The lowest BCUT2D eigenvalue weighted by molar-refractivity contribution is -0.131. The third-order valence-corrected chi connectivity index (χ3v) is 4.07. The molecule has 6 N–H and O–H groups in total. The number of ether oxygens (including phenoxy) is 1. The van der Waals surface area contributed by atoms with Gasteiger partial charge in [-0.3, -0.25) is 15.0 Å². The Bertz CT molecular complexity index is 801. The van der Waals surface area contributed by atoms with E-state index in [2.05, 4.69) is 10.6 Å². The molecule has 2 aromatic carbocycles. The first-order chi connectivity index (χ1) is 14.0. The van der Waals surface area contributed by atoms with Crippen LogP contribution >= 0.6 is 0 Å². The first-order valence-corrected chi connectivity index (χ1v) is 8.95. The van der Waals surface area contributed by atoms with Gasteiger partial charge < -0.3 is 20.5 Å². The van der Waals surface area contributed by atoms with E-state index in [0.717, 1.165) is 11.1 Å². The number of carbonyl (C=O) groups is 3. The van der Waals surface area contributed by atoms with Crippen LogP contribution < -0.4 is 21.9 Å². The fourth-order valence-electron chi connectivity index (χ4n) is 2.63. The van der Waals surface area contributed by atoms with Crippen LogP contribution in [0.4, 0.5) is 4.79 Å². The van der Waals surface area contributed by atoms with Crippen molar-refractivity contribution in [3.8, 4) is 0 Å². The third kappa shape index (κ3) is 7.60. The van der Waals surface area contributed by atoms with Crippen molar-refractivity contribution in [3.05, 3.63) is 71.8 Å². The summed E-state index contributed by atoms with van der Waals surface area (Å²) in [6.45, 7) is 0.112. The van der Waals surface area contributed by atoms with E-state index in [4.69, 9.17) is 15.7 Å². The molecule has 2 aromatic rings. The number of nitrogens with two attached hydrogens (primary N) is 1. The summed E-state index contributed by atoms with van der Waals surface area (Å²) < 4.78 is 5.52. The molecule has 0 fully saturated rings. The summed E-state index contributed by atoms with van der Waals surface area (Å²) >= 11 is 0. The van der Waals surface area contributed by atoms with Crippen molar-refractivity contribution in [2.75, 3.05) is 6.61 Å². The molecule has 29 heavy (non-hydrogen) atoms. The zero-order valence-electron chi connectivity index (χ0n) is 15.7. The van der Waals surface area contributed by atoms with Crippen LogP contribution in [0.5, 0.6) is 0 Å². The first-order valence-electron chi connectivity index (χ1n) is 8.95. The van der Waals surface area contributed by atoms with Crippen LogP contribution in [0, 0.1) is 0 Å². The first kappa shape index (κ1) is 21.9. The Morgan fingerprint density at radius 1 is 0.862 bits per heavy atom. The average molecular weight is 400 g/mol. The van der Waals surface area contributed by atoms with E-state index in [1.807, 2.05) is 41.8 Å². The van der Waals surface area contributed by atoms with E-state index in [0.29, 0.717) is 0 Å². The smallest absolute Gasteiger partial charge is 0.405 e. The van der Waals surface area contributed by atoms with Crippen LogP contribution in [0.3, 0.4) is 0 Å². The Kier molecular flexibility index (Phi) is 8.61. The van der Waals surface area contributed by atoms with Gasteiger partial charge in [-0.15, -0.1) is 0 Å². The molecule has 0 bridgehead atoms. The lowest BCUT2D eigenvalue weighted by atomic mass is 10.0. The third-order valence-electron chi connectivity index (χ3n) is 4.07. The van der Waals surface area contributed by atoms with Gasteiger partial charge in [0, 0.05) is 6.42 Å². The largest absolute Gasteiger partial charge is 0.465 e. The maximum absolute atomic E-state index is 12.6. The van der Waals surface area contributed by atoms with Crippen molar-refractivity contribution in [1.29, 1.82) is 0 Å². The van der Waals surface area contributed by atoms with Crippen LogP contribution in [-0.2, 0) is 27.4 Å². The Morgan fingerprint density at radius 3 is 2.00 bits per heavy atom. The molecule has 0 aliphatic carbocycles. The van der Waals surface area contributed by atoms with Gasteiger partial charge in [-0.05, 0) is 11.1 Å². The molecule has 154 valence electrons. The average Bonchev–Trinajstić information content (AvgIpc) is 2.73. The van der Waals surface area contributed by atoms with Crippen molar-refractivity contribution in [3.63, 3.8) is 0 Å². The van der Waals surface area contributed by atoms with E-state index >= 15 is 0 Å². The number of rotatable bonds is 10. The van der Waals surface area contributed by atoms with E-state index in [1.54, 1.807) is 24.3 Å². The number of carbonyl (C=O) groups excluding carboxylic acids is 2. The summed E-state index contributed by atoms with van der Waals surface area (Å²) in [4.78, 5) is 35.8. The van der Waals surface area contributed by atoms with Crippen molar-refractivity contribution < 1.29 is 24.2 Å². The number of hydrogen-bond acceptors (Lipinski definition) is 5. The van der Waals surface area contributed by atoms with Gasteiger partial charge in [0.05, 0.1) is 13.2 Å². The molecule has 2 atom stereocenters. The maximum Gasteiger partial charge on any atom is 0.405 e. The second-order valence-electron chi connectivity index (χ2n) is 6.26. The molecule has 0 heterocycles. The fraction of sp³-hybridized carbons (Fsp3) is 0.250. The van der Waals surface area contributed by atoms with Gasteiger partial charge in [0.15, 0.2) is 0 Å². The predicted molar refractivity (Wildman–Crippen MR) is 105 cm³/mol. The highest BCUT2D eigenvalue weighted by atomic mass is 16.5. The summed E-state index contributed by atoms with van der Waals surface area (Å²) in [6.07, 6.45) is -1.22. The van der Waals surface area contributed by atoms with Crippen LogP contribution in [0.2, 0.25) is 0 Å². The Labute approximate surface area is 168 Å². The van der Waals surface area contributed by atoms with Crippen molar-refractivity contribution >= 4 is 17.9 Å². The summed E-state index contributed by atoms with van der Waals surface area (Å²) in [7, 11) is 0. The van der Waals surface area contributed by atoms with Gasteiger partial charge in [0.25, 0.3) is 5.91 Å². The summed E-state index contributed by atoms with van der Waals surface area (Å²) in [5.41, 5.74) is 3.65. The Balaban J connectivity index is 2.00. The maximum atomic E-state index is 12.6. The predicted octanol–water partition coefficient (Wildman–Crippen LogP) is 0.557. The van der Waals surface area contributed by atoms with Gasteiger partial charge in [0.2, 0.25) is 5.91 Å². The molecule has 0 aliphatic rings. The molecule has 0 saturated heterocycles. The standard InChI is InChI=1S/C20H24N4O5/c21-24-19(26)17(13-29-12-15-9-5-2-6-10-15)22-18(25)16(23-20(27)28)11-14-7-3-1-4-8-14/h1-10,16-17,23H,11-13,21H2,(H,22,25)(H,24,26)(H,27,28)/t16-,17-/m0/s1. The Hall–Kier alpha value is -3.43. The molecule has 0 unspecified atom stereocenters. The van der Waals surface area contributed by atoms with E-state index in [1.165, 1.54) is 0 Å². The van der Waals surface area contributed by atoms with Crippen LogP contribution in [0.1, 0.15) is 11.1 Å². The highest BCUT2D eigenvalue weighted by Crippen LogP contribution is 2.05. The van der Waals surface area contributed by atoms with Gasteiger partial charge in [-0.2, -0.15) is 0 Å². The molecule has 0 aliphatic heterocycles. The number of hydrogen-bond donors (Lipinski definition) is 5. The number of nitrogens with one attached hydrogen (secondary N) is 3. The minimum absolute atomic E-state index is 0.126. The van der Waals surface area contributed by atoms with Gasteiger partial charge in [-0.1, -0.05) is 60.7 Å². The quantitative estimate of drug-likeness (QED) is 0.224. The number of hydrazine groups is 1. The van der Waals surface area contributed by atoms with E-state index < -0.39 is 30.0 Å². The van der Waals surface area contributed by atoms with Gasteiger partial charge in [0.1, 0.15) is 12.1 Å². The summed E-state index contributed by atoms with van der Waals surface area (Å²) in [6, 6.07) is 16.1. The van der Waals surface area contributed by atoms with Crippen molar-refractivity contribution in [2.24, 2.45) is 5.84 Å². The minimum atomic E-state index is -1.35. The number of carboxylic acid groups (broad SMARTS) is 1. The second-order valence-corrected chi connectivity index (χ2v) is 6.26. The molecular formula is C20H24N4O5. The molecular weight excluding hydrogens is 376 g/mol. The highest BCUT2D eigenvalue weighted by Gasteiger charge is 2.27. The SMILES string of the molecule is NNC(=O)[C@H](COCc1ccccc1)NC(=O)[C@H](Cc1ccccc1)NC(=O)O. The fourth-order valence-corrected chi connectivity index (χ4v) is 2.63. The minimum Gasteiger partial charge on any atom is -0.465 e. The van der Waals surface area contributed by atoms with Crippen LogP contribution in [0.25, 0.3) is 0 Å². The molecule has 2 rings (SSSR count). The zero-order chi connectivity index (χ0) is 21.1. The molecule has 9 nitrogen and oxygen atoms in total. The lowest BCUT2D eigenvalue weighted by Crippen LogP contribution is -2.56. The molecule has 9 heteroatoms. The summed E-state index contributed by atoms with van der Waals surface area (Å²) in [5.74, 6) is 3.88. The Morgan fingerprint density at radius 2 is 1.45 bits per heavy atom. The number of amides is 3. The van der Waals surface area contributed by atoms with Crippen molar-refractivity contribution in [1.82, 2.24) is 16.1 Å². The van der Waals surface area contributed by atoms with Gasteiger partial charge >= 0.3 is 6.09 Å². The highest BCUT2D eigenvalue weighted by molar-refractivity contribution is 5.91. The topological polar surface area (TPSA) is 143 Å². The monoisotopic (exact) mass is 400 g/mol. The van der Waals surface area contributed by atoms with E-state index in [9.17, 15) is 14.4 Å². The molecule has 0 radical (unpaired) electrons. The van der Waals surface area contributed by atoms with Crippen molar-refractivity contribution in [2.45, 2.75) is 25.1 Å². The zero-order valence-corrected chi connectivity index (χ0v) is 15.7. The molecule has 0 spiro atoms. The van der Waals surface area contributed by atoms with Gasteiger partial charge in [-0.25, -0.2) is 10.6 Å². The lowest BCUT2D eigenvalue weighted by Gasteiger charge is -2.22. The van der Waals surface area contributed by atoms with Crippen LogP contribution in [0.15, 0.2) is 60.7 Å². The van der Waals surface area contributed by atoms with E-state index in [-0.39, 0.29) is 19.6 Å². The molecule has 0 saturated carbocycles.